The molecule has 3 rings (SSSR count). The van der Waals surface area contributed by atoms with Crippen LogP contribution < -0.4 is 16.4 Å². The lowest BCUT2D eigenvalue weighted by Crippen LogP contribution is -2.46. The Balaban J connectivity index is 1.24. The number of aromatic nitrogens is 4. The average molecular weight is 1100 g/mol. The monoisotopic (exact) mass is 1100 g/mol. The predicted octanol–water partition coefficient (Wildman–Crippen LogP) is 6.65. The van der Waals surface area contributed by atoms with E-state index in [2.05, 4.69) is 53.5 Å². The number of aliphatic hydroxyl groups excluding tert-OH is 2. The van der Waals surface area contributed by atoms with Gasteiger partial charge in [-0.05, 0) is 25.7 Å². The Bertz CT molecular complexity index is 2130. The summed E-state index contributed by atoms with van der Waals surface area (Å²) >= 11 is 1.16. The van der Waals surface area contributed by atoms with E-state index in [1.807, 2.05) is 0 Å². The number of amides is 2. The number of phosphoric ester groups is 3. The second kappa shape index (κ2) is 32.7. The van der Waals surface area contributed by atoms with Crippen molar-refractivity contribution in [2.24, 2.45) is 5.41 Å². The van der Waals surface area contributed by atoms with Crippen molar-refractivity contribution in [1.82, 2.24) is 30.2 Å². The fraction of sp³-hybridized carbons (Fsp3) is 0.773. The second-order valence-corrected chi connectivity index (χ2v) is 23.8. The molecule has 28 heteroatoms. The van der Waals surface area contributed by atoms with Crippen LogP contribution in [0.1, 0.15) is 155 Å². The van der Waals surface area contributed by atoms with Crippen molar-refractivity contribution < 1.29 is 80.5 Å². The van der Waals surface area contributed by atoms with Crippen LogP contribution in [0.3, 0.4) is 0 Å². The molecule has 10 N–H and O–H groups in total. The van der Waals surface area contributed by atoms with Crippen LogP contribution in [-0.2, 0) is 50.7 Å². The zero-order valence-corrected chi connectivity index (χ0v) is 45.2. The van der Waals surface area contributed by atoms with Gasteiger partial charge in [0.05, 0.1) is 19.5 Å². The summed E-state index contributed by atoms with van der Waals surface area (Å²) in [6.07, 6.45) is 20.5. The minimum atomic E-state index is -5.58. The molecule has 2 amide bonds. The van der Waals surface area contributed by atoms with Crippen LogP contribution in [0.25, 0.3) is 11.2 Å². The molecule has 1 fully saturated rings. The SMILES string of the molecule is CCCC/C=C/CCCCCCCCCCCCCCCCC(=O)SCCNC(=O)CCNC(=O)C(O)C(C)(C)COP(=O)(O)OP(=O)(O)OCC1OC(n2cnc3c(N)ncnc32)C(O)C1OP(=O)(O)O. The molecule has 0 bridgehead atoms. The quantitative estimate of drug-likeness (QED) is 0.0192. The molecule has 3 heterocycles. The number of nitrogen functional groups attached to an aromatic ring is 1. The first-order valence-electron chi connectivity index (χ1n) is 24.8. The highest BCUT2D eigenvalue weighted by Gasteiger charge is 2.50. The number of thioether (sulfide) groups is 1. The number of unbranched alkanes of at least 4 members (excludes halogenated alkanes) is 16. The number of hydrogen-bond acceptors (Lipinski definition) is 18. The number of aliphatic hydroxyl groups is 2. The van der Waals surface area contributed by atoms with E-state index in [1.54, 1.807) is 0 Å². The zero-order chi connectivity index (χ0) is 53.2. The highest BCUT2D eigenvalue weighted by atomic mass is 32.2. The maximum absolute atomic E-state index is 12.8. The van der Waals surface area contributed by atoms with Crippen molar-refractivity contribution in [3.8, 4) is 0 Å². The van der Waals surface area contributed by atoms with Gasteiger partial charge in [0.1, 0.15) is 36.3 Å². The van der Waals surface area contributed by atoms with Crippen molar-refractivity contribution in [1.29, 1.82) is 0 Å². The number of hydrogen-bond donors (Lipinski definition) is 9. The van der Waals surface area contributed by atoms with Gasteiger partial charge >= 0.3 is 23.5 Å². The molecular weight excluding hydrogens is 1020 g/mol. The summed E-state index contributed by atoms with van der Waals surface area (Å²) in [6.45, 7) is 2.81. The number of ether oxygens (including phenoxy) is 1. The van der Waals surface area contributed by atoms with E-state index in [9.17, 15) is 57.9 Å². The normalized spacial score (nSPS) is 19.6. The van der Waals surface area contributed by atoms with Crippen molar-refractivity contribution in [2.75, 3.05) is 37.8 Å². The van der Waals surface area contributed by atoms with Crippen LogP contribution in [0.15, 0.2) is 24.8 Å². The Morgan fingerprint density at radius 3 is 2.03 bits per heavy atom. The highest BCUT2D eigenvalue weighted by Crippen LogP contribution is 2.61. The van der Waals surface area contributed by atoms with Crippen molar-refractivity contribution in [3.63, 3.8) is 0 Å². The lowest BCUT2D eigenvalue weighted by Gasteiger charge is -2.30. The standard InChI is InChI=1S/C44H78N7O17P3S/c1-4-5-6-7-8-9-10-11-12-13-14-15-16-17-18-19-20-21-22-23-24-35(53)72-28-27-46-34(52)25-26-47-42(56)39(55)44(2,3)30-65-71(62,63)68-70(60,61)64-29-33-38(67-69(57,58)59)37(54)43(66-33)51-32-50-36-40(45)48-31-49-41(36)51/h7-8,31-33,37-39,43,54-55H,4-6,9-30H2,1-3H3,(H,46,52)(H,47,56)(H,60,61)(H,62,63)(H2,45,48,49)(H2,57,58,59)/b8-7+. The molecule has 2 aromatic rings. The number of anilines is 1. The Hall–Kier alpha value is -2.70. The lowest BCUT2D eigenvalue weighted by atomic mass is 9.87. The molecule has 0 spiro atoms. The molecule has 2 aromatic heterocycles. The van der Waals surface area contributed by atoms with Gasteiger partial charge in [0.2, 0.25) is 11.8 Å². The summed E-state index contributed by atoms with van der Waals surface area (Å²) in [7, 11) is -16.4. The number of nitrogens with zero attached hydrogens (tertiary/aromatic N) is 4. The molecule has 0 aromatic carbocycles. The largest absolute Gasteiger partial charge is 0.481 e. The number of carbonyl (C=O) groups is 3. The van der Waals surface area contributed by atoms with E-state index in [1.165, 1.54) is 110 Å². The number of fused-ring (bicyclic) bond motifs is 1. The van der Waals surface area contributed by atoms with Gasteiger partial charge in [-0.25, -0.2) is 28.6 Å². The van der Waals surface area contributed by atoms with Crippen LogP contribution in [0.5, 0.6) is 0 Å². The third-order valence-electron chi connectivity index (χ3n) is 11.7. The van der Waals surface area contributed by atoms with Crippen LogP contribution in [-0.4, -0.2) is 123 Å². The van der Waals surface area contributed by atoms with E-state index in [4.69, 9.17) is 19.5 Å². The van der Waals surface area contributed by atoms with Crippen LogP contribution >= 0.6 is 35.2 Å². The fourth-order valence-corrected chi connectivity index (χ4v) is 11.1. The number of phosphoric acid groups is 3. The third-order valence-corrected chi connectivity index (χ3v) is 15.7. The van der Waals surface area contributed by atoms with Crippen molar-refractivity contribution >= 4 is 69.1 Å². The fourth-order valence-electron chi connectivity index (χ4n) is 7.58. The van der Waals surface area contributed by atoms with Gasteiger partial charge in [0, 0.05) is 37.1 Å². The molecular formula is C44H78N7O17P3S. The van der Waals surface area contributed by atoms with Crippen LogP contribution in [0, 0.1) is 5.41 Å². The van der Waals surface area contributed by atoms with Gasteiger partial charge in [-0.2, -0.15) is 4.31 Å². The molecule has 0 radical (unpaired) electrons. The zero-order valence-electron chi connectivity index (χ0n) is 41.7. The van der Waals surface area contributed by atoms with E-state index >= 15 is 0 Å². The van der Waals surface area contributed by atoms with E-state index in [0.29, 0.717) is 12.2 Å². The topological polar surface area (TPSA) is 364 Å². The first-order valence-corrected chi connectivity index (χ1v) is 30.3. The Morgan fingerprint density at radius 2 is 1.42 bits per heavy atom. The summed E-state index contributed by atoms with van der Waals surface area (Å²) in [5.74, 6) is -1.02. The number of rotatable bonds is 39. The number of nitrogens with one attached hydrogen (secondary N) is 2. The van der Waals surface area contributed by atoms with Crippen LogP contribution in [0.4, 0.5) is 5.82 Å². The first-order chi connectivity index (χ1) is 34.1. The van der Waals surface area contributed by atoms with Gasteiger partial charge in [0.25, 0.3) is 0 Å². The van der Waals surface area contributed by atoms with E-state index in [0.717, 1.165) is 48.2 Å². The van der Waals surface area contributed by atoms with Gasteiger partial charge < -0.3 is 50.9 Å². The van der Waals surface area contributed by atoms with Gasteiger partial charge in [-0.1, -0.05) is 135 Å². The number of carbonyl (C=O) groups excluding carboxylic acids is 3. The molecule has 7 atom stereocenters. The molecule has 7 unspecified atom stereocenters. The highest BCUT2D eigenvalue weighted by molar-refractivity contribution is 8.13. The average Bonchev–Trinajstić information content (AvgIpc) is 3.87. The molecule has 24 nitrogen and oxygen atoms in total. The molecule has 0 saturated carbocycles. The van der Waals surface area contributed by atoms with Gasteiger partial charge in [0.15, 0.2) is 22.8 Å². The summed E-state index contributed by atoms with van der Waals surface area (Å²) < 4.78 is 62.5. The lowest BCUT2D eigenvalue weighted by molar-refractivity contribution is -0.137. The van der Waals surface area contributed by atoms with Crippen molar-refractivity contribution in [2.45, 2.75) is 180 Å². The molecule has 1 aliphatic heterocycles. The molecule has 72 heavy (non-hydrogen) atoms. The summed E-state index contributed by atoms with van der Waals surface area (Å²) in [5, 5.41) is 26.7. The number of nitrogens with two attached hydrogens (primary N) is 1. The van der Waals surface area contributed by atoms with Crippen molar-refractivity contribution in [3.05, 3.63) is 24.8 Å². The van der Waals surface area contributed by atoms with E-state index in [-0.39, 0.29) is 41.6 Å². The number of imidazole rings is 1. The minimum Gasteiger partial charge on any atom is -0.386 e. The van der Waals surface area contributed by atoms with Gasteiger partial charge in [-0.15, -0.1) is 0 Å². The Morgan fingerprint density at radius 1 is 0.833 bits per heavy atom. The molecule has 1 saturated heterocycles. The maximum Gasteiger partial charge on any atom is 0.481 e. The predicted molar refractivity (Wildman–Crippen MR) is 270 cm³/mol. The first kappa shape index (κ1) is 63.6. The smallest absolute Gasteiger partial charge is 0.386 e. The van der Waals surface area contributed by atoms with Crippen LogP contribution in [0.2, 0.25) is 0 Å². The molecule has 0 aliphatic carbocycles. The minimum absolute atomic E-state index is 0.0339. The molecule has 412 valence electrons. The van der Waals surface area contributed by atoms with E-state index < -0.39 is 84.6 Å². The Labute approximate surface area is 426 Å². The summed E-state index contributed by atoms with van der Waals surface area (Å²) in [6, 6.07) is 0. The number of allylic oxidation sites excluding steroid dienone is 2. The second-order valence-electron chi connectivity index (χ2n) is 18.4. The maximum atomic E-state index is 12.8. The third kappa shape index (κ3) is 24.8. The Kier molecular flexibility index (Phi) is 28.9. The summed E-state index contributed by atoms with van der Waals surface area (Å²) in [4.78, 5) is 88.6. The summed E-state index contributed by atoms with van der Waals surface area (Å²) in [5.41, 5.74) is 4.29. The van der Waals surface area contributed by atoms with Gasteiger partial charge in [-0.3, -0.25) is 32.5 Å². The molecule has 1 aliphatic rings.